The molecule has 2 atom stereocenters. The molecule has 0 aromatic carbocycles. The number of halogens is 1. The molecule has 0 radical (unpaired) electrons. The first kappa shape index (κ1) is 16.4. The number of rotatable bonds is 5. The van der Waals surface area contributed by atoms with Crippen LogP contribution in [0.4, 0.5) is 4.39 Å². The van der Waals surface area contributed by atoms with Crippen LogP contribution < -0.4 is 0 Å². The van der Waals surface area contributed by atoms with E-state index in [2.05, 4.69) is 21.8 Å². The van der Waals surface area contributed by atoms with E-state index in [1.165, 1.54) is 19.0 Å². The molecule has 1 aliphatic carbocycles. The van der Waals surface area contributed by atoms with E-state index in [0.717, 1.165) is 57.1 Å². The zero-order valence-corrected chi connectivity index (χ0v) is 14.6. The van der Waals surface area contributed by atoms with E-state index < -0.39 is 0 Å². The third-order valence-corrected chi connectivity index (χ3v) is 5.87. The Bertz CT molecular complexity index is 579. The Balaban J connectivity index is 1.35. The average molecular weight is 333 g/mol. The molecule has 0 unspecified atom stereocenters. The second-order valence-corrected chi connectivity index (χ2v) is 8.02. The molecule has 132 valence electrons. The molecular formula is C19H28FN3O. The van der Waals surface area contributed by atoms with Gasteiger partial charge in [0, 0.05) is 37.4 Å². The van der Waals surface area contributed by atoms with Crippen molar-refractivity contribution in [2.75, 3.05) is 33.3 Å². The first-order valence-corrected chi connectivity index (χ1v) is 9.28. The van der Waals surface area contributed by atoms with Crippen molar-refractivity contribution in [3.63, 3.8) is 0 Å². The van der Waals surface area contributed by atoms with Gasteiger partial charge in [0.25, 0.3) is 0 Å². The molecule has 3 heterocycles. The summed E-state index contributed by atoms with van der Waals surface area (Å²) < 4.78 is 20.2. The summed E-state index contributed by atoms with van der Waals surface area (Å²) in [5, 5.41) is 0. The maximum absolute atomic E-state index is 13.9. The number of hydrogen-bond donors (Lipinski definition) is 0. The summed E-state index contributed by atoms with van der Waals surface area (Å²) in [5.41, 5.74) is 0.738. The Morgan fingerprint density at radius 3 is 3.12 bits per heavy atom. The highest BCUT2D eigenvalue weighted by Crippen LogP contribution is 2.39. The summed E-state index contributed by atoms with van der Waals surface area (Å²) in [6, 6.07) is 2.61. The van der Waals surface area contributed by atoms with Crippen LogP contribution in [0.3, 0.4) is 0 Å². The number of nitrogens with zero attached hydrogens (tertiary/aromatic N) is 3. The second kappa shape index (κ2) is 6.70. The van der Waals surface area contributed by atoms with Crippen LogP contribution in [0, 0.1) is 11.7 Å². The maximum atomic E-state index is 13.9. The molecule has 4 nitrogen and oxygen atoms in total. The van der Waals surface area contributed by atoms with Gasteiger partial charge in [-0.3, -0.25) is 9.88 Å². The van der Waals surface area contributed by atoms with Crippen LogP contribution in [0.1, 0.15) is 37.7 Å². The van der Waals surface area contributed by atoms with Crippen molar-refractivity contribution < 1.29 is 9.13 Å². The average Bonchev–Trinajstić information content (AvgIpc) is 3.35. The van der Waals surface area contributed by atoms with E-state index in [0.29, 0.717) is 12.5 Å². The molecule has 1 aromatic rings. The highest BCUT2D eigenvalue weighted by molar-refractivity contribution is 5.13. The summed E-state index contributed by atoms with van der Waals surface area (Å²) in [7, 11) is 2.25. The number of piperidine rings is 1. The fraction of sp³-hybridized carbons (Fsp3) is 0.737. The van der Waals surface area contributed by atoms with Crippen molar-refractivity contribution >= 4 is 0 Å². The molecule has 5 heteroatoms. The van der Waals surface area contributed by atoms with Crippen LogP contribution in [0.2, 0.25) is 0 Å². The number of likely N-dealkylation sites (tertiary alicyclic amines) is 1. The number of hydrogen-bond acceptors (Lipinski definition) is 4. The molecule has 0 N–H and O–H groups in total. The van der Waals surface area contributed by atoms with Gasteiger partial charge < -0.3 is 9.64 Å². The Kier molecular flexibility index (Phi) is 4.58. The van der Waals surface area contributed by atoms with Gasteiger partial charge in [0.05, 0.1) is 18.4 Å². The normalized spacial score (nSPS) is 31.2. The summed E-state index contributed by atoms with van der Waals surface area (Å²) in [6.07, 6.45) is 9.14. The number of ether oxygens (including phenoxy) is 1. The molecule has 2 saturated heterocycles. The van der Waals surface area contributed by atoms with E-state index in [1.54, 1.807) is 12.3 Å². The lowest BCUT2D eigenvalue weighted by Crippen LogP contribution is -2.47. The summed E-state index contributed by atoms with van der Waals surface area (Å²) in [6.45, 7) is 4.66. The lowest BCUT2D eigenvalue weighted by molar-refractivity contribution is -0.0537. The minimum atomic E-state index is -0.201. The van der Waals surface area contributed by atoms with Crippen molar-refractivity contribution in [2.24, 2.45) is 5.92 Å². The van der Waals surface area contributed by atoms with Crippen LogP contribution in [0.15, 0.2) is 18.5 Å². The van der Waals surface area contributed by atoms with Gasteiger partial charge >= 0.3 is 0 Å². The third-order valence-electron chi connectivity index (χ3n) is 5.87. The van der Waals surface area contributed by atoms with E-state index in [4.69, 9.17) is 4.74 Å². The highest BCUT2D eigenvalue weighted by Gasteiger charge is 2.44. The minimum Gasteiger partial charge on any atom is -0.373 e. The Labute approximate surface area is 144 Å². The van der Waals surface area contributed by atoms with Crippen molar-refractivity contribution in [3.05, 3.63) is 29.8 Å². The van der Waals surface area contributed by atoms with Gasteiger partial charge in [-0.05, 0) is 57.7 Å². The van der Waals surface area contributed by atoms with Crippen molar-refractivity contribution in [1.29, 1.82) is 0 Å². The predicted molar refractivity (Wildman–Crippen MR) is 91.1 cm³/mol. The summed E-state index contributed by atoms with van der Waals surface area (Å²) >= 11 is 0. The lowest BCUT2D eigenvalue weighted by Gasteiger charge is -2.40. The standard InChI is InChI=1S/C19H28FN3O/c1-22(17-3-4-17)11-15-9-19(24-13-15)6-2-8-23(14-19)12-16-5-7-21-10-18(16)20/h5,7,10,15,17H,2-4,6,8-9,11-14H2,1H3/t15-,19-/m0/s1. The minimum absolute atomic E-state index is 0.00316. The monoisotopic (exact) mass is 333 g/mol. The Morgan fingerprint density at radius 1 is 1.46 bits per heavy atom. The number of aromatic nitrogens is 1. The van der Waals surface area contributed by atoms with Gasteiger partial charge in [-0.1, -0.05) is 0 Å². The third kappa shape index (κ3) is 3.63. The molecule has 1 aromatic heterocycles. The van der Waals surface area contributed by atoms with Gasteiger partial charge in [-0.15, -0.1) is 0 Å². The maximum Gasteiger partial charge on any atom is 0.145 e. The van der Waals surface area contributed by atoms with Crippen molar-refractivity contribution in [2.45, 2.75) is 50.3 Å². The predicted octanol–water partition coefficient (Wildman–Crippen LogP) is 2.69. The fourth-order valence-electron chi connectivity index (χ4n) is 4.51. The van der Waals surface area contributed by atoms with Crippen LogP contribution in [0.25, 0.3) is 0 Å². The molecular weight excluding hydrogens is 305 g/mol. The quantitative estimate of drug-likeness (QED) is 0.828. The molecule has 0 amide bonds. The topological polar surface area (TPSA) is 28.6 Å². The zero-order chi connectivity index (χ0) is 16.6. The van der Waals surface area contributed by atoms with E-state index in [1.807, 2.05) is 0 Å². The van der Waals surface area contributed by atoms with Gasteiger partial charge in [0.2, 0.25) is 0 Å². The molecule has 3 fully saturated rings. The Hall–Kier alpha value is -1.04. The van der Waals surface area contributed by atoms with Crippen LogP contribution >= 0.6 is 0 Å². The van der Waals surface area contributed by atoms with Crippen LogP contribution in [0.5, 0.6) is 0 Å². The lowest BCUT2D eigenvalue weighted by atomic mass is 9.86. The SMILES string of the molecule is CN(C[C@H]1CO[C@@]2(CCCN(Cc3ccncc3F)C2)C1)C1CC1. The fourth-order valence-corrected chi connectivity index (χ4v) is 4.51. The molecule has 4 rings (SSSR count). The van der Waals surface area contributed by atoms with E-state index >= 15 is 0 Å². The largest absolute Gasteiger partial charge is 0.373 e. The molecule has 2 aliphatic heterocycles. The smallest absolute Gasteiger partial charge is 0.145 e. The molecule has 24 heavy (non-hydrogen) atoms. The Morgan fingerprint density at radius 2 is 2.33 bits per heavy atom. The van der Waals surface area contributed by atoms with Gasteiger partial charge in [0.1, 0.15) is 5.82 Å². The van der Waals surface area contributed by atoms with E-state index in [9.17, 15) is 4.39 Å². The van der Waals surface area contributed by atoms with Crippen molar-refractivity contribution in [3.8, 4) is 0 Å². The van der Waals surface area contributed by atoms with Gasteiger partial charge in [-0.2, -0.15) is 0 Å². The highest BCUT2D eigenvalue weighted by atomic mass is 19.1. The zero-order valence-electron chi connectivity index (χ0n) is 14.6. The molecule has 1 saturated carbocycles. The van der Waals surface area contributed by atoms with Gasteiger partial charge in [-0.25, -0.2) is 4.39 Å². The first-order chi connectivity index (χ1) is 11.6. The number of pyridine rings is 1. The van der Waals surface area contributed by atoms with Crippen LogP contribution in [-0.4, -0.2) is 59.7 Å². The first-order valence-electron chi connectivity index (χ1n) is 9.28. The van der Waals surface area contributed by atoms with E-state index in [-0.39, 0.29) is 11.4 Å². The molecule has 0 bridgehead atoms. The molecule has 3 aliphatic rings. The van der Waals surface area contributed by atoms with Crippen LogP contribution in [-0.2, 0) is 11.3 Å². The molecule has 1 spiro atoms. The van der Waals surface area contributed by atoms with Crippen molar-refractivity contribution in [1.82, 2.24) is 14.8 Å². The summed E-state index contributed by atoms with van der Waals surface area (Å²) in [5.74, 6) is 0.446. The summed E-state index contributed by atoms with van der Waals surface area (Å²) in [4.78, 5) is 8.71. The second-order valence-electron chi connectivity index (χ2n) is 8.02. The van der Waals surface area contributed by atoms with Gasteiger partial charge in [0.15, 0.2) is 0 Å².